The van der Waals surface area contributed by atoms with Gasteiger partial charge >= 0.3 is 0 Å². The van der Waals surface area contributed by atoms with Gasteiger partial charge < -0.3 is 10.2 Å². The third-order valence-corrected chi connectivity index (χ3v) is 3.87. The number of halogens is 1. The molecule has 102 valence electrons. The molecule has 0 aliphatic rings. The van der Waals surface area contributed by atoms with E-state index in [4.69, 9.17) is 10.2 Å². The highest BCUT2D eigenvalue weighted by molar-refractivity contribution is 9.10. The lowest BCUT2D eigenvalue weighted by Gasteiger charge is -2.03. The lowest BCUT2D eigenvalue weighted by molar-refractivity contribution is 0.500. The Morgan fingerprint density at radius 2 is 2.25 bits per heavy atom. The maximum absolute atomic E-state index is 12.1. The quantitative estimate of drug-likeness (QED) is 0.725. The first-order valence-corrected chi connectivity index (χ1v) is 6.71. The highest BCUT2D eigenvalue weighted by Crippen LogP contribution is 2.21. The fraction of sp³-hybridized carbons (Fsp3) is 0.154. The number of nitrogen functional groups attached to an aromatic ring is 1. The van der Waals surface area contributed by atoms with Crippen molar-refractivity contribution < 1.29 is 4.42 Å². The molecule has 0 radical (unpaired) electrons. The second-order valence-corrected chi connectivity index (χ2v) is 5.17. The minimum absolute atomic E-state index is 0.173. The van der Waals surface area contributed by atoms with Crippen molar-refractivity contribution in [3.63, 3.8) is 0 Å². The topological polar surface area (TPSA) is 86.9 Å². The van der Waals surface area contributed by atoms with Crippen molar-refractivity contribution in [3.05, 3.63) is 50.9 Å². The van der Waals surface area contributed by atoms with Gasteiger partial charge in [-0.25, -0.2) is 9.97 Å². The number of aromatic nitrogens is 3. The van der Waals surface area contributed by atoms with E-state index in [2.05, 4.69) is 25.9 Å². The molecule has 7 heteroatoms. The van der Waals surface area contributed by atoms with Crippen LogP contribution in [0, 0.1) is 6.92 Å². The van der Waals surface area contributed by atoms with Crippen molar-refractivity contribution in [2.45, 2.75) is 13.5 Å². The second kappa shape index (κ2) is 4.75. The Balaban J connectivity index is 2.04. The summed E-state index contributed by atoms with van der Waals surface area (Å²) in [5, 5.41) is 0. The molecule has 2 heterocycles. The zero-order chi connectivity index (χ0) is 14.3. The molecule has 0 atom stereocenters. The fourth-order valence-corrected chi connectivity index (χ4v) is 2.22. The van der Waals surface area contributed by atoms with E-state index in [1.165, 1.54) is 10.9 Å². The molecule has 0 bridgehead atoms. The number of nitrogens with zero attached hydrogens (tertiary/aromatic N) is 3. The zero-order valence-electron chi connectivity index (χ0n) is 10.6. The number of rotatable bonds is 2. The van der Waals surface area contributed by atoms with Gasteiger partial charge in [0.25, 0.3) is 5.56 Å². The number of nitrogens with two attached hydrogens (primary N) is 1. The van der Waals surface area contributed by atoms with Gasteiger partial charge in [-0.3, -0.25) is 9.36 Å². The fourth-order valence-electron chi connectivity index (χ4n) is 1.89. The van der Waals surface area contributed by atoms with Crippen LogP contribution >= 0.6 is 15.9 Å². The summed E-state index contributed by atoms with van der Waals surface area (Å²) in [4.78, 5) is 20.5. The SMILES string of the molecule is Cc1ncn(Cc2nc3c(N)cccc3o2)c(=O)c1Br. The number of para-hydroxylation sites is 1. The summed E-state index contributed by atoms with van der Waals surface area (Å²) in [5.41, 5.74) is 8.06. The van der Waals surface area contributed by atoms with E-state index in [1.54, 1.807) is 25.1 Å². The Morgan fingerprint density at radius 3 is 3.00 bits per heavy atom. The number of hydrogen-bond acceptors (Lipinski definition) is 5. The van der Waals surface area contributed by atoms with Crippen LogP contribution in [0.2, 0.25) is 0 Å². The highest BCUT2D eigenvalue weighted by Gasteiger charge is 2.11. The van der Waals surface area contributed by atoms with Crippen LogP contribution in [0.15, 0.2) is 38.2 Å². The summed E-state index contributed by atoms with van der Waals surface area (Å²) < 4.78 is 7.45. The molecule has 2 N–H and O–H groups in total. The van der Waals surface area contributed by atoms with Crippen LogP contribution in [0.3, 0.4) is 0 Å². The second-order valence-electron chi connectivity index (χ2n) is 4.38. The van der Waals surface area contributed by atoms with E-state index >= 15 is 0 Å². The van der Waals surface area contributed by atoms with Crippen LogP contribution < -0.4 is 11.3 Å². The first-order chi connectivity index (χ1) is 9.56. The van der Waals surface area contributed by atoms with Crippen LogP contribution in [-0.2, 0) is 6.54 Å². The van der Waals surface area contributed by atoms with Gasteiger partial charge in [0.2, 0.25) is 5.89 Å². The summed E-state index contributed by atoms with van der Waals surface area (Å²) >= 11 is 3.22. The van der Waals surface area contributed by atoms with Gasteiger partial charge in [-0.1, -0.05) is 6.07 Å². The number of aryl methyl sites for hydroxylation is 1. The van der Waals surface area contributed by atoms with Crippen LogP contribution in [0.25, 0.3) is 11.1 Å². The van der Waals surface area contributed by atoms with E-state index in [1.807, 2.05) is 0 Å². The Hall–Kier alpha value is -2.15. The maximum Gasteiger partial charge on any atom is 0.268 e. The molecule has 6 nitrogen and oxygen atoms in total. The van der Waals surface area contributed by atoms with Crippen molar-refractivity contribution in [2.24, 2.45) is 0 Å². The minimum atomic E-state index is -0.173. The largest absolute Gasteiger partial charge is 0.439 e. The zero-order valence-corrected chi connectivity index (χ0v) is 12.2. The summed E-state index contributed by atoms with van der Waals surface area (Å²) in [5.74, 6) is 0.414. The Labute approximate surface area is 122 Å². The van der Waals surface area contributed by atoms with Crippen molar-refractivity contribution in [3.8, 4) is 0 Å². The van der Waals surface area contributed by atoms with E-state index in [0.717, 1.165) is 0 Å². The number of hydrogen-bond donors (Lipinski definition) is 1. The van der Waals surface area contributed by atoms with E-state index in [-0.39, 0.29) is 12.1 Å². The van der Waals surface area contributed by atoms with E-state index in [9.17, 15) is 4.79 Å². The number of fused-ring (bicyclic) bond motifs is 1. The van der Waals surface area contributed by atoms with Crippen LogP contribution in [0.4, 0.5) is 5.69 Å². The number of oxazole rings is 1. The molecule has 0 amide bonds. The summed E-state index contributed by atoms with van der Waals surface area (Å²) in [6.45, 7) is 1.97. The summed E-state index contributed by atoms with van der Waals surface area (Å²) in [6, 6.07) is 5.34. The van der Waals surface area contributed by atoms with E-state index < -0.39 is 0 Å². The Kier molecular flexibility index (Phi) is 3.06. The number of benzene rings is 1. The van der Waals surface area contributed by atoms with Crippen molar-refractivity contribution in [1.82, 2.24) is 14.5 Å². The van der Waals surface area contributed by atoms with Crippen molar-refractivity contribution >= 4 is 32.7 Å². The average molecular weight is 335 g/mol. The van der Waals surface area contributed by atoms with Crippen molar-refractivity contribution in [1.29, 1.82) is 0 Å². The predicted octanol–water partition coefficient (Wildman–Crippen LogP) is 2.09. The first-order valence-electron chi connectivity index (χ1n) is 5.91. The standard InChI is InChI=1S/C13H11BrN4O2/c1-7-11(14)13(19)18(6-16-7)5-10-17-12-8(15)3-2-4-9(12)20-10/h2-4,6H,5,15H2,1H3. The van der Waals surface area contributed by atoms with E-state index in [0.29, 0.717) is 32.8 Å². The molecule has 0 unspecified atom stereocenters. The van der Waals surface area contributed by atoms with Crippen LogP contribution in [0.5, 0.6) is 0 Å². The van der Waals surface area contributed by atoms with Crippen LogP contribution in [0.1, 0.15) is 11.6 Å². The molecule has 0 saturated heterocycles. The Morgan fingerprint density at radius 1 is 1.45 bits per heavy atom. The third-order valence-electron chi connectivity index (χ3n) is 2.96. The maximum atomic E-state index is 12.1. The van der Waals surface area contributed by atoms with Gasteiger partial charge in [0, 0.05) is 0 Å². The monoisotopic (exact) mass is 334 g/mol. The van der Waals surface area contributed by atoms with Gasteiger partial charge in [0.15, 0.2) is 5.58 Å². The van der Waals surface area contributed by atoms with Gasteiger partial charge in [0.1, 0.15) is 16.5 Å². The first kappa shape index (κ1) is 12.9. The molecule has 0 saturated carbocycles. The molecule has 20 heavy (non-hydrogen) atoms. The van der Waals surface area contributed by atoms with Gasteiger partial charge in [0.05, 0.1) is 17.7 Å². The highest BCUT2D eigenvalue weighted by atomic mass is 79.9. The van der Waals surface area contributed by atoms with Gasteiger partial charge in [-0.2, -0.15) is 0 Å². The summed E-state index contributed by atoms with van der Waals surface area (Å²) in [7, 11) is 0. The van der Waals surface area contributed by atoms with Gasteiger partial charge in [-0.05, 0) is 35.0 Å². The van der Waals surface area contributed by atoms with Gasteiger partial charge in [-0.15, -0.1) is 0 Å². The third kappa shape index (κ3) is 2.09. The smallest absolute Gasteiger partial charge is 0.268 e. The molecule has 3 rings (SSSR count). The minimum Gasteiger partial charge on any atom is -0.439 e. The molecule has 2 aromatic heterocycles. The lowest BCUT2D eigenvalue weighted by Crippen LogP contribution is -2.22. The molecule has 3 aromatic rings. The lowest BCUT2D eigenvalue weighted by atomic mass is 10.3. The molecule has 0 aliphatic carbocycles. The molecule has 0 aliphatic heterocycles. The Bertz CT molecular complexity index is 853. The predicted molar refractivity (Wildman–Crippen MR) is 78.5 cm³/mol. The molecular formula is C13H11BrN4O2. The molecule has 0 fully saturated rings. The molecule has 1 aromatic carbocycles. The number of anilines is 1. The normalized spacial score (nSPS) is 11.1. The summed E-state index contributed by atoms with van der Waals surface area (Å²) in [6.07, 6.45) is 1.47. The average Bonchev–Trinajstić information content (AvgIpc) is 2.84. The molecular weight excluding hydrogens is 324 g/mol. The van der Waals surface area contributed by atoms with Crippen molar-refractivity contribution in [2.75, 3.05) is 5.73 Å². The van der Waals surface area contributed by atoms with Crippen LogP contribution in [-0.4, -0.2) is 14.5 Å². The molecule has 0 spiro atoms.